The second-order valence-electron chi connectivity index (χ2n) is 3.08. The summed E-state index contributed by atoms with van der Waals surface area (Å²) >= 11 is 1.32. The van der Waals surface area contributed by atoms with Gasteiger partial charge in [0.1, 0.15) is 4.90 Å². The van der Waals surface area contributed by atoms with Crippen molar-refractivity contribution in [2.45, 2.75) is 4.90 Å². The van der Waals surface area contributed by atoms with Crippen molar-refractivity contribution >= 4 is 32.6 Å². The summed E-state index contributed by atoms with van der Waals surface area (Å²) in [5, 5.41) is 0.494. The molecule has 0 unspecified atom stereocenters. The number of benzene rings is 1. The summed E-state index contributed by atoms with van der Waals surface area (Å²) in [6.45, 7) is 0. The molecule has 6 heteroatoms. The van der Waals surface area contributed by atoms with Crippen molar-refractivity contribution in [1.29, 1.82) is 0 Å². The number of anilines is 1. The van der Waals surface area contributed by atoms with Crippen LogP contribution in [0.15, 0.2) is 33.6 Å². The fraction of sp³-hybridized carbons (Fsp3) is 0.222. The maximum Gasteiger partial charge on any atom is 0.286 e. The molecule has 1 aliphatic heterocycles. The van der Waals surface area contributed by atoms with E-state index in [2.05, 4.69) is 4.40 Å². The Morgan fingerprint density at radius 3 is 2.67 bits per heavy atom. The normalized spacial score (nSPS) is 18.3. The van der Waals surface area contributed by atoms with Gasteiger partial charge < -0.3 is 4.90 Å². The van der Waals surface area contributed by atoms with Gasteiger partial charge >= 0.3 is 0 Å². The molecule has 80 valence electrons. The molecule has 0 bridgehead atoms. The van der Waals surface area contributed by atoms with Crippen LogP contribution >= 0.6 is 11.8 Å². The van der Waals surface area contributed by atoms with Gasteiger partial charge in [-0.2, -0.15) is 8.42 Å². The van der Waals surface area contributed by atoms with Gasteiger partial charge in [-0.15, -0.1) is 4.40 Å². The fourth-order valence-corrected chi connectivity index (χ4v) is 3.55. The van der Waals surface area contributed by atoms with Crippen molar-refractivity contribution in [3.63, 3.8) is 0 Å². The van der Waals surface area contributed by atoms with E-state index in [1.807, 2.05) is 13.1 Å². The molecule has 0 radical (unpaired) electrons. The Labute approximate surface area is 93.1 Å². The molecule has 15 heavy (non-hydrogen) atoms. The van der Waals surface area contributed by atoms with Crippen LogP contribution in [-0.2, 0) is 10.0 Å². The molecular formula is C9H10N2O2S2. The van der Waals surface area contributed by atoms with E-state index < -0.39 is 10.0 Å². The van der Waals surface area contributed by atoms with E-state index in [9.17, 15) is 8.42 Å². The molecule has 1 aromatic carbocycles. The van der Waals surface area contributed by atoms with Crippen molar-refractivity contribution in [3.05, 3.63) is 24.3 Å². The van der Waals surface area contributed by atoms with Gasteiger partial charge in [-0.3, -0.25) is 0 Å². The highest BCUT2D eigenvalue weighted by molar-refractivity contribution is 8.14. The summed E-state index contributed by atoms with van der Waals surface area (Å²) in [6.07, 6.45) is 1.80. The second kappa shape index (κ2) is 3.53. The first-order valence-electron chi connectivity index (χ1n) is 4.28. The van der Waals surface area contributed by atoms with E-state index in [-0.39, 0.29) is 4.90 Å². The van der Waals surface area contributed by atoms with Gasteiger partial charge in [-0.1, -0.05) is 23.9 Å². The molecule has 0 aliphatic carbocycles. The highest BCUT2D eigenvalue weighted by Gasteiger charge is 2.27. The summed E-state index contributed by atoms with van der Waals surface area (Å²) in [5.41, 5.74) is 0.678. The molecule has 0 saturated heterocycles. The summed E-state index contributed by atoms with van der Waals surface area (Å²) in [5.74, 6) is 0. The van der Waals surface area contributed by atoms with Crippen molar-refractivity contribution < 1.29 is 8.42 Å². The number of amidine groups is 1. The SMILES string of the molecule is CSC1=NS(=O)(=O)c2ccccc2N1C. The molecule has 0 aromatic heterocycles. The van der Waals surface area contributed by atoms with E-state index in [0.29, 0.717) is 10.9 Å². The fourth-order valence-electron chi connectivity index (χ4n) is 1.44. The summed E-state index contributed by atoms with van der Waals surface area (Å²) in [4.78, 5) is 2.05. The van der Waals surface area contributed by atoms with Crippen LogP contribution in [0.1, 0.15) is 0 Å². The van der Waals surface area contributed by atoms with E-state index in [4.69, 9.17) is 0 Å². The molecule has 2 rings (SSSR count). The Bertz CT molecular complexity index is 523. The molecule has 0 atom stereocenters. The van der Waals surface area contributed by atoms with Crippen LogP contribution in [-0.4, -0.2) is 26.9 Å². The zero-order chi connectivity index (χ0) is 11.1. The zero-order valence-electron chi connectivity index (χ0n) is 8.34. The molecule has 4 nitrogen and oxygen atoms in total. The van der Waals surface area contributed by atoms with Gasteiger partial charge in [0.15, 0.2) is 5.17 Å². The monoisotopic (exact) mass is 242 g/mol. The third-order valence-corrected chi connectivity index (χ3v) is 4.33. The minimum Gasteiger partial charge on any atom is -0.322 e. The lowest BCUT2D eigenvalue weighted by Gasteiger charge is -2.25. The lowest BCUT2D eigenvalue weighted by molar-refractivity contribution is 0.597. The number of para-hydroxylation sites is 1. The smallest absolute Gasteiger partial charge is 0.286 e. The number of rotatable bonds is 0. The van der Waals surface area contributed by atoms with Gasteiger partial charge in [0.25, 0.3) is 10.0 Å². The van der Waals surface area contributed by atoms with Crippen LogP contribution in [0.3, 0.4) is 0 Å². The molecule has 0 fully saturated rings. The van der Waals surface area contributed by atoms with Crippen molar-refractivity contribution in [2.75, 3.05) is 18.2 Å². The molecule has 0 N–H and O–H groups in total. The van der Waals surface area contributed by atoms with Crippen LogP contribution in [0.2, 0.25) is 0 Å². The quantitative estimate of drug-likeness (QED) is 0.692. The number of thioether (sulfide) groups is 1. The Kier molecular flexibility index (Phi) is 2.47. The first-order valence-corrected chi connectivity index (χ1v) is 6.94. The first kappa shape index (κ1) is 10.5. The molecule has 1 aliphatic rings. The highest BCUT2D eigenvalue weighted by atomic mass is 32.2. The Balaban J connectivity index is 2.71. The van der Waals surface area contributed by atoms with E-state index >= 15 is 0 Å². The maximum absolute atomic E-state index is 11.8. The minimum absolute atomic E-state index is 0.269. The molecule has 0 spiro atoms. The Hall–Kier alpha value is -1.01. The minimum atomic E-state index is -3.51. The summed E-state index contributed by atoms with van der Waals surface area (Å²) in [6, 6.07) is 6.86. The van der Waals surface area contributed by atoms with Crippen molar-refractivity contribution in [2.24, 2.45) is 4.40 Å². The maximum atomic E-state index is 11.8. The predicted octanol–water partition coefficient (Wildman–Crippen LogP) is 1.54. The van der Waals surface area contributed by atoms with Crippen molar-refractivity contribution in [1.82, 2.24) is 0 Å². The second-order valence-corrected chi connectivity index (χ2v) is 5.43. The number of hydrogen-bond acceptors (Lipinski definition) is 4. The van der Waals surface area contributed by atoms with Gasteiger partial charge in [-0.25, -0.2) is 0 Å². The molecule has 1 aromatic rings. The van der Waals surface area contributed by atoms with Crippen LogP contribution < -0.4 is 4.90 Å². The molecular weight excluding hydrogens is 232 g/mol. The standard InChI is InChI=1S/C9H10N2O2S2/c1-11-7-5-3-4-6-8(7)15(12,13)10-9(11)14-2/h3-6H,1-2H3. The third kappa shape index (κ3) is 1.63. The third-order valence-electron chi connectivity index (χ3n) is 2.17. The highest BCUT2D eigenvalue weighted by Crippen LogP contribution is 2.31. The van der Waals surface area contributed by atoms with Crippen molar-refractivity contribution in [3.8, 4) is 0 Å². The average molecular weight is 242 g/mol. The molecule has 1 heterocycles. The van der Waals surface area contributed by atoms with Gasteiger partial charge in [0.2, 0.25) is 0 Å². The number of fused-ring (bicyclic) bond motifs is 1. The van der Waals surface area contributed by atoms with E-state index in [1.54, 1.807) is 29.4 Å². The van der Waals surface area contributed by atoms with Crippen LogP contribution in [0, 0.1) is 0 Å². The zero-order valence-corrected chi connectivity index (χ0v) is 9.97. The first-order chi connectivity index (χ1) is 7.06. The van der Waals surface area contributed by atoms with Crippen LogP contribution in [0.5, 0.6) is 0 Å². The number of hydrogen-bond donors (Lipinski definition) is 0. The van der Waals surface area contributed by atoms with Crippen LogP contribution in [0.25, 0.3) is 0 Å². The topological polar surface area (TPSA) is 49.7 Å². The van der Waals surface area contributed by atoms with Gasteiger partial charge in [0, 0.05) is 7.05 Å². The van der Waals surface area contributed by atoms with E-state index in [0.717, 1.165) is 0 Å². The van der Waals surface area contributed by atoms with Gasteiger partial charge in [-0.05, 0) is 18.4 Å². The number of sulfonamides is 1. The largest absolute Gasteiger partial charge is 0.322 e. The summed E-state index contributed by atoms with van der Waals surface area (Å²) < 4.78 is 27.3. The lowest BCUT2D eigenvalue weighted by Crippen LogP contribution is -2.29. The van der Waals surface area contributed by atoms with Gasteiger partial charge in [0.05, 0.1) is 5.69 Å². The molecule has 0 amide bonds. The van der Waals surface area contributed by atoms with Crippen LogP contribution in [0.4, 0.5) is 5.69 Å². The van der Waals surface area contributed by atoms with E-state index in [1.165, 1.54) is 11.8 Å². The lowest BCUT2D eigenvalue weighted by atomic mass is 10.3. The summed E-state index contributed by atoms with van der Waals surface area (Å²) in [7, 11) is -1.70. The molecule has 0 saturated carbocycles. The average Bonchev–Trinajstić information content (AvgIpc) is 2.24. The number of nitrogens with zero attached hydrogens (tertiary/aromatic N) is 2. The Morgan fingerprint density at radius 1 is 1.33 bits per heavy atom. The predicted molar refractivity (Wildman–Crippen MR) is 63.0 cm³/mol. The Morgan fingerprint density at radius 2 is 2.00 bits per heavy atom.